The SMILES string of the molecule is CC(C)C1CCCCC12C(N)=NC(=O)N2C1CC1. The van der Waals surface area contributed by atoms with Crippen LogP contribution >= 0.6 is 0 Å². The van der Waals surface area contributed by atoms with Gasteiger partial charge in [-0.3, -0.25) is 0 Å². The van der Waals surface area contributed by atoms with E-state index in [0.29, 0.717) is 23.7 Å². The molecule has 1 spiro atoms. The molecule has 2 unspecified atom stereocenters. The Bertz CT molecular complexity index is 400. The summed E-state index contributed by atoms with van der Waals surface area (Å²) in [5.74, 6) is 1.62. The van der Waals surface area contributed by atoms with Crippen LogP contribution in [0.4, 0.5) is 4.79 Å². The molecule has 18 heavy (non-hydrogen) atoms. The van der Waals surface area contributed by atoms with Crippen LogP contribution in [-0.2, 0) is 0 Å². The zero-order chi connectivity index (χ0) is 12.9. The third-order valence-corrected chi connectivity index (χ3v) is 4.95. The van der Waals surface area contributed by atoms with E-state index in [2.05, 4.69) is 18.8 Å². The van der Waals surface area contributed by atoms with Gasteiger partial charge in [0.05, 0.1) is 0 Å². The van der Waals surface area contributed by atoms with Crippen molar-refractivity contribution in [3.05, 3.63) is 0 Å². The van der Waals surface area contributed by atoms with Gasteiger partial charge in [0, 0.05) is 6.04 Å². The Morgan fingerprint density at radius 2 is 2.06 bits per heavy atom. The number of amides is 2. The molecule has 0 radical (unpaired) electrons. The maximum atomic E-state index is 12.2. The van der Waals surface area contributed by atoms with E-state index < -0.39 is 0 Å². The van der Waals surface area contributed by atoms with Crippen molar-refractivity contribution in [2.75, 3.05) is 0 Å². The Labute approximate surface area is 109 Å². The van der Waals surface area contributed by atoms with Crippen LogP contribution in [0.25, 0.3) is 0 Å². The Morgan fingerprint density at radius 1 is 1.33 bits per heavy atom. The van der Waals surface area contributed by atoms with Crippen LogP contribution in [0.5, 0.6) is 0 Å². The molecule has 0 aromatic carbocycles. The molecule has 0 bridgehead atoms. The monoisotopic (exact) mass is 249 g/mol. The zero-order valence-corrected chi connectivity index (χ0v) is 11.4. The summed E-state index contributed by atoms with van der Waals surface area (Å²) in [6.45, 7) is 4.50. The Balaban J connectivity index is 2.02. The van der Waals surface area contributed by atoms with E-state index >= 15 is 0 Å². The maximum Gasteiger partial charge on any atom is 0.346 e. The average molecular weight is 249 g/mol. The Morgan fingerprint density at radius 3 is 2.67 bits per heavy atom. The molecular weight excluding hydrogens is 226 g/mol. The predicted octanol–water partition coefficient (Wildman–Crippen LogP) is 2.53. The van der Waals surface area contributed by atoms with Crippen LogP contribution in [-0.4, -0.2) is 28.3 Å². The fraction of sp³-hybridized carbons (Fsp3) is 0.857. The molecule has 2 aliphatic carbocycles. The number of nitrogens with zero attached hydrogens (tertiary/aromatic N) is 2. The smallest absolute Gasteiger partial charge is 0.346 e. The van der Waals surface area contributed by atoms with E-state index in [1.165, 1.54) is 12.8 Å². The van der Waals surface area contributed by atoms with Crippen LogP contribution in [0.3, 0.4) is 0 Å². The van der Waals surface area contributed by atoms with Crippen molar-refractivity contribution in [1.29, 1.82) is 0 Å². The first-order valence-corrected chi connectivity index (χ1v) is 7.25. The molecule has 1 aliphatic heterocycles. The third-order valence-electron chi connectivity index (χ3n) is 4.95. The van der Waals surface area contributed by atoms with Gasteiger partial charge in [-0.15, -0.1) is 0 Å². The first-order chi connectivity index (χ1) is 8.57. The fourth-order valence-corrected chi connectivity index (χ4v) is 4.05. The summed E-state index contributed by atoms with van der Waals surface area (Å²) < 4.78 is 0. The van der Waals surface area contributed by atoms with E-state index in [4.69, 9.17) is 5.73 Å². The predicted molar refractivity (Wildman–Crippen MR) is 71.4 cm³/mol. The van der Waals surface area contributed by atoms with Crippen molar-refractivity contribution in [2.45, 2.75) is 64.0 Å². The van der Waals surface area contributed by atoms with Gasteiger partial charge in [-0.25, -0.2) is 4.79 Å². The quantitative estimate of drug-likeness (QED) is 0.817. The molecule has 2 saturated carbocycles. The lowest BCUT2D eigenvalue weighted by molar-refractivity contribution is 0.0643. The van der Waals surface area contributed by atoms with Gasteiger partial charge in [0.1, 0.15) is 11.4 Å². The fourth-order valence-electron chi connectivity index (χ4n) is 4.05. The van der Waals surface area contributed by atoms with Crippen LogP contribution < -0.4 is 5.73 Å². The van der Waals surface area contributed by atoms with E-state index in [-0.39, 0.29) is 11.6 Å². The number of amidine groups is 1. The highest BCUT2D eigenvalue weighted by molar-refractivity contribution is 6.06. The van der Waals surface area contributed by atoms with Crippen LogP contribution in [0.1, 0.15) is 52.4 Å². The second-order valence-corrected chi connectivity index (χ2v) is 6.40. The summed E-state index contributed by atoms with van der Waals surface area (Å²) in [6.07, 6.45) is 6.85. The number of hydrogen-bond donors (Lipinski definition) is 1. The average Bonchev–Trinajstić information content (AvgIpc) is 3.10. The number of carbonyl (C=O) groups is 1. The number of carbonyl (C=O) groups excluding carboxylic acids is 1. The highest BCUT2D eigenvalue weighted by Gasteiger charge is 2.58. The summed E-state index contributed by atoms with van der Waals surface area (Å²) in [7, 11) is 0. The number of nitrogens with two attached hydrogens (primary N) is 1. The van der Waals surface area contributed by atoms with Crippen molar-refractivity contribution in [3.63, 3.8) is 0 Å². The minimum absolute atomic E-state index is 0.0810. The van der Waals surface area contributed by atoms with E-state index in [0.717, 1.165) is 25.7 Å². The van der Waals surface area contributed by atoms with Gasteiger partial charge in [-0.1, -0.05) is 26.7 Å². The highest BCUT2D eigenvalue weighted by Crippen LogP contribution is 2.49. The Hall–Kier alpha value is -1.06. The highest BCUT2D eigenvalue weighted by atomic mass is 16.2. The summed E-state index contributed by atoms with van der Waals surface area (Å²) in [6, 6.07) is 0.323. The van der Waals surface area contributed by atoms with Gasteiger partial charge < -0.3 is 10.6 Å². The molecule has 1 heterocycles. The Kier molecular flexibility index (Phi) is 2.65. The largest absolute Gasteiger partial charge is 0.385 e. The third kappa shape index (κ3) is 1.50. The molecule has 2 fully saturated rings. The van der Waals surface area contributed by atoms with Crippen LogP contribution in [0.15, 0.2) is 4.99 Å². The summed E-state index contributed by atoms with van der Waals surface area (Å²) in [5.41, 5.74) is 5.96. The van der Waals surface area contributed by atoms with Crippen molar-refractivity contribution in [1.82, 2.24) is 4.90 Å². The summed E-state index contributed by atoms with van der Waals surface area (Å²) in [4.78, 5) is 18.3. The number of urea groups is 1. The van der Waals surface area contributed by atoms with E-state index in [1.54, 1.807) is 0 Å². The molecule has 100 valence electrons. The molecule has 4 nitrogen and oxygen atoms in total. The molecule has 3 aliphatic rings. The van der Waals surface area contributed by atoms with Gasteiger partial charge >= 0.3 is 6.03 Å². The standard InChI is InChI=1S/C14H23N3O/c1-9(2)11-5-3-4-8-14(11)12(15)16-13(18)17(14)10-6-7-10/h9-11H,3-8H2,1-2H3,(H2,15,16,18). The lowest BCUT2D eigenvalue weighted by Gasteiger charge is -2.48. The first kappa shape index (κ1) is 12.0. The second kappa shape index (κ2) is 3.97. The molecule has 2 N–H and O–H groups in total. The number of rotatable bonds is 2. The summed E-state index contributed by atoms with van der Waals surface area (Å²) in [5, 5.41) is 0. The molecular formula is C14H23N3O. The van der Waals surface area contributed by atoms with Gasteiger partial charge in [0.25, 0.3) is 0 Å². The molecule has 0 saturated heterocycles. The minimum Gasteiger partial charge on any atom is -0.385 e. The van der Waals surface area contributed by atoms with Crippen molar-refractivity contribution in [2.24, 2.45) is 22.6 Å². The topological polar surface area (TPSA) is 58.7 Å². The van der Waals surface area contributed by atoms with Crippen LogP contribution in [0, 0.1) is 11.8 Å². The second-order valence-electron chi connectivity index (χ2n) is 6.40. The normalized spacial score (nSPS) is 36.6. The maximum absolute atomic E-state index is 12.2. The molecule has 2 atom stereocenters. The molecule has 2 amide bonds. The van der Waals surface area contributed by atoms with E-state index in [1.807, 2.05) is 4.90 Å². The molecule has 3 rings (SSSR count). The summed E-state index contributed by atoms with van der Waals surface area (Å²) >= 11 is 0. The lowest BCUT2D eigenvalue weighted by Crippen LogP contribution is -2.62. The zero-order valence-electron chi connectivity index (χ0n) is 11.4. The van der Waals surface area contributed by atoms with Gasteiger partial charge in [0.2, 0.25) is 0 Å². The van der Waals surface area contributed by atoms with Crippen molar-refractivity contribution in [3.8, 4) is 0 Å². The van der Waals surface area contributed by atoms with E-state index in [9.17, 15) is 4.79 Å². The molecule has 4 heteroatoms. The van der Waals surface area contributed by atoms with Crippen molar-refractivity contribution < 1.29 is 4.79 Å². The molecule has 0 aromatic rings. The molecule has 0 aromatic heterocycles. The number of hydrogen-bond acceptors (Lipinski definition) is 2. The number of aliphatic imine (C=N–C) groups is 1. The van der Waals surface area contributed by atoms with Gasteiger partial charge in [0.15, 0.2) is 0 Å². The van der Waals surface area contributed by atoms with Gasteiger partial charge in [-0.2, -0.15) is 4.99 Å². The van der Waals surface area contributed by atoms with Gasteiger partial charge in [-0.05, 0) is 37.5 Å². The lowest BCUT2D eigenvalue weighted by atomic mass is 9.66. The first-order valence-electron chi connectivity index (χ1n) is 7.25. The van der Waals surface area contributed by atoms with Crippen LogP contribution in [0.2, 0.25) is 0 Å². The van der Waals surface area contributed by atoms with Crippen molar-refractivity contribution >= 4 is 11.9 Å². The minimum atomic E-state index is -0.245.